The average molecular weight is 637 g/mol. The second kappa shape index (κ2) is 13.4. The molecule has 2 atom stereocenters. The van der Waals surface area contributed by atoms with Crippen LogP contribution in [0, 0.1) is 23.5 Å². The first-order valence-corrected chi connectivity index (χ1v) is 15.1. The number of aromatic nitrogens is 1. The van der Waals surface area contributed by atoms with Crippen LogP contribution in [0.3, 0.4) is 0 Å². The van der Waals surface area contributed by atoms with E-state index in [0.717, 1.165) is 35.9 Å². The number of imide groups is 1. The Morgan fingerprint density at radius 3 is 2.46 bits per heavy atom. The highest BCUT2D eigenvalue weighted by Crippen LogP contribution is 2.33. The number of hydrogen-bond acceptors (Lipinski definition) is 9. The molecule has 12 nitrogen and oxygen atoms in total. The predicted octanol–water partition coefficient (Wildman–Crippen LogP) is 3.73. The predicted molar refractivity (Wildman–Crippen MR) is 163 cm³/mol. The van der Waals surface area contributed by atoms with E-state index in [1.807, 2.05) is 0 Å². The Hall–Kier alpha value is -4.66. The van der Waals surface area contributed by atoms with Gasteiger partial charge < -0.3 is 30.5 Å². The summed E-state index contributed by atoms with van der Waals surface area (Å²) >= 11 is 0. The van der Waals surface area contributed by atoms with Gasteiger partial charge in [0.1, 0.15) is 23.3 Å². The molecule has 4 amide bonds. The minimum Gasteiger partial charge on any atom is -0.454 e. The zero-order valence-corrected chi connectivity index (χ0v) is 24.8. The van der Waals surface area contributed by atoms with Crippen molar-refractivity contribution >= 4 is 35.0 Å². The molecule has 3 aliphatic rings. The normalized spacial score (nSPS) is 20.0. The number of nitrogens with one attached hydrogen (secondary N) is 2. The number of piperidine rings is 1. The summed E-state index contributed by atoms with van der Waals surface area (Å²) in [5.41, 5.74) is 0.228. The number of amides is 4. The van der Waals surface area contributed by atoms with E-state index in [9.17, 15) is 29.0 Å². The summed E-state index contributed by atoms with van der Waals surface area (Å²) in [6.45, 7) is 1.28. The maximum absolute atomic E-state index is 15.1. The zero-order valence-electron chi connectivity index (χ0n) is 24.8. The zero-order chi connectivity index (χ0) is 32.4. The highest BCUT2D eigenvalue weighted by atomic mass is 19.1. The number of carbonyl (C=O) groups excluding carboxylic acids is 3. The number of nitrogens with zero attached hydrogens (tertiary/aromatic N) is 4. The summed E-state index contributed by atoms with van der Waals surface area (Å²) in [6, 6.07) is 11.1. The Kier molecular flexibility index (Phi) is 9.10. The quantitative estimate of drug-likeness (QED) is 0.193. The van der Waals surface area contributed by atoms with Gasteiger partial charge in [-0.3, -0.25) is 14.5 Å². The lowest BCUT2D eigenvalue weighted by atomic mass is 10.0. The van der Waals surface area contributed by atoms with Gasteiger partial charge in [-0.15, -0.1) is 0 Å². The smallest absolute Gasteiger partial charge is 0.331 e. The number of hydrogen-bond donors (Lipinski definition) is 4. The third-order valence-corrected chi connectivity index (χ3v) is 8.24. The van der Waals surface area contributed by atoms with E-state index in [1.165, 1.54) is 47.5 Å². The number of carbonyl (C=O) groups is 3. The molecule has 0 radical (unpaired) electrons. The number of halogens is 2. The molecule has 2 aliphatic heterocycles. The minimum atomic E-state index is -1.27. The van der Waals surface area contributed by atoms with Crippen LogP contribution in [0.25, 0.3) is 0 Å². The monoisotopic (exact) mass is 636 g/mol. The molecule has 14 heteroatoms. The van der Waals surface area contributed by atoms with Gasteiger partial charge in [0.15, 0.2) is 17.9 Å². The maximum atomic E-state index is 15.1. The van der Waals surface area contributed by atoms with Crippen LogP contribution in [0.15, 0.2) is 60.8 Å². The lowest BCUT2D eigenvalue weighted by Crippen LogP contribution is -2.60. The van der Waals surface area contributed by atoms with Gasteiger partial charge in [0.2, 0.25) is 11.8 Å². The maximum Gasteiger partial charge on any atom is 0.331 e. The van der Waals surface area contributed by atoms with E-state index in [4.69, 9.17) is 4.74 Å². The van der Waals surface area contributed by atoms with Gasteiger partial charge >= 0.3 is 6.03 Å². The second-order valence-electron chi connectivity index (χ2n) is 11.7. The van der Waals surface area contributed by atoms with E-state index < -0.39 is 41.7 Å². The number of aliphatic hydroxyl groups is 2. The van der Waals surface area contributed by atoms with E-state index in [0.29, 0.717) is 44.2 Å². The van der Waals surface area contributed by atoms with E-state index >= 15 is 4.39 Å². The number of likely N-dealkylation sites (tertiary alicyclic amines) is 1. The topological polar surface area (TPSA) is 148 Å². The van der Waals surface area contributed by atoms with Crippen molar-refractivity contribution in [3.8, 4) is 11.5 Å². The molecular formula is C32H34F2N6O6. The molecule has 1 aliphatic carbocycles. The van der Waals surface area contributed by atoms with Gasteiger partial charge in [-0.05, 0) is 74.1 Å². The van der Waals surface area contributed by atoms with Gasteiger partial charge in [-0.1, -0.05) is 0 Å². The fourth-order valence-electron chi connectivity index (χ4n) is 5.48. The largest absolute Gasteiger partial charge is 0.454 e. The highest BCUT2D eigenvalue weighted by molar-refractivity contribution is 6.23. The van der Waals surface area contributed by atoms with Gasteiger partial charge in [-0.2, -0.15) is 0 Å². The molecule has 3 aromatic rings. The Morgan fingerprint density at radius 1 is 1.02 bits per heavy atom. The molecule has 2 aromatic carbocycles. The van der Waals surface area contributed by atoms with E-state index in [2.05, 4.69) is 15.6 Å². The summed E-state index contributed by atoms with van der Waals surface area (Å²) in [4.78, 5) is 48.2. The minimum absolute atomic E-state index is 0.0773. The SMILES string of the molecule is O=C(Nc1ccc(Oc2ccnc(NC(O)N3CCC(O)CC3)c2)c(F)c1)C1CN(CC2CC2)C(=O)N(c2ccc(F)cc2)C1=O. The fraction of sp³-hybridized carbons (Fsp3) is 0.375. The van der Waals surface area contributed by atoms with Gasteiger partial charge in [0.05, 0.1) is 11.8 Å². The Balaban J connectivity index is 1.11. The van der Waals surface area contributed by atoms with Crippen molar-refractivity contribution < 1.29 is 38.1 Å². The van der Waals surface area contributed by atoms with Crippen molar-refractivity contribution in [1.29, 1.82) is 0 Å². The van der Waals surface area contributed by atoms with Crippen LogP contribution in [0.5, 0.6) is 11.5 Å². The summed E-state index contributed by atoms with van der Waals surface area (Å²) in [5, 5.41) is 25.6. The molecule has 0 bridgehead atoms. The standard InChI is InChI=1S/C32H34F2N6O6/c33-20-3-6-22(7-4-20)40-30(43)25(18-39(32(40)45)17-19-1-2-19)29(42)36-21-5-8-27(26(34)15-21)46-24-9-12-35-28(16-24)37-31(44)38-13-10-23(41)11-14-38/h3-9,12,15-16,19,23,25,31,41,44H,1-2,10-11,13-14,17-18H2,(H,35,37)(H,36,42). The van der Waals surface area contributed by atoms with Gasteiger partial charge in [-0.25, -0.2) is 23.5 Å². The van der Waals surface area contributed by atoms with Crippen molar-refractivity contribution in [2.45, 2.75) is 38.1 Å². The molecule has 0 spiro atoms. The van der Waals surface area contributed by atoms with Crippen molar-refractivity contribution in [3.63, 3.8) is 0 Å². The van der Waals surface area contributed by atoms with E-state index in [1.54, 1.807) is 4.90 Å². The van der Waals surface area contributed by atoms with Crippen LogP contribution in [0.1, 0.15) is 25.7 Å². The van der Waals surface area contributed by atoms with Crippen LogP contribution in [0.2, 0.25) is 0 Å². The number of pyridine rings is 1. The van der Waals surface area contributed by atoms with Crippen molar-refractivity contribution in [3.05, 3.63) is 72.4 Å². The first-order chi connectivity index (χ1) is 22.1. The van der Waals surface area contributed by atoms with Crippen molar-refractivity contribution in [2.75, 3.05) is 41.7 Å². The Labute approximate surface area is 263 Å². The van der Waals surface area contributed by atoms with Crippen molar-refractivity contribution in [1.82, 2.24) is 14.8 Å². The molecule has 2 unspecified atom stereocenters. The third kappa shape index (κ3) is 7.25. The molecule has 1 saturated carbocycles. The summed E-state index contributed by atoms with van der Waals surface area (Å²) in [5.74, 6) is -3.38. The molecule has 3 fully saturated rings. The number of benzene rings is 2. The third-order valence-electron chi connectivity index (χ3n) is 8.24. The summed E-state index contributed by atoms with van der Waals surface area (Å²) < 4.78 is 34.4. The molecular weight excluding hydrogens is 602 g/mol. The molecule has 2 saturated heterocycles. The van der Waals surface area contributed by atoms with Crippen LogP contribution in [0.4, 0.5) is 30.8 Å². The molecule has 242 valence electrons. The van der Waals surface area contributed by atoms with Crippen LogP contribution < -0.4 is 20.3 Å². The van der Waals surface area contributed by atoms with Crippen LogP contribution >= 0.6 is 0 Å². The number of ether oxygens (including phenoxy) is 1. The van der Waals surface area contributed by atoms with Crippen LogP contribution in [-0.4, -0.2) is 81.5 Å². The Bertz CT molecular complexity index is 1600. The van der Waals surface area contributed by atoms with Gasteiger partial charge in [0.25, 0.3) is 0 Å². The lowest BCUT2D eigenvalue weighted by Gasteiger charge is -2.38. The summed E-state index contributed by atoms with van der Waals surface area (Å²) in [6.07, 6.45) is 3.01. The number of urea groups is 1. The number of anilines is 3. The average Bonchev–Trinajstić information content (AvgIpc) is 3.85. The lowest BCUT2D eigenvalue weighted by molar-refractivity contribution is -0.132. The molecule has 1 aromatic heterocycles. The van der Waals surface area contributed by atoms with E-state index in [-0.39, 0.29) is 35.5 Å². The first-order valence-electron chi connectivity index (χ1n) is 15.1. The molecule has 6 rings (SSSR count). The highest BCUT2D eigenvalue weighted by Gasteiger charge is 2.45. The second-order valence-corrected chi connectivity index (χ2v) is 11.7. The van der Waals surface area contributed by atoms with Crippen LogP contribution in [-0.2, 0) is 9.59 Å². The molecule has 46 heavy (non-hydrogen) atoms. The van der Waals surface area contributed by atoms with Gasteiger partial charge in [0, 0.05) is 50.2 Å². The van der Waals surface area contributed by atoms with Crippen molar-refractivity contribution in [2.24, 2.45) is 11.8 Å². The first kappa shape index (κ1) is 31.3. The summed E-state index contributed by atoms with van der Waals surface area (Å²) in [7, 11) is 0. The molecule has 4 N–H and O–H groups in total. The number of rotatable bonds is 10. The Morgan fingerprint density at radius 2 is 1.76 bits per heavy atom. The number of aliphatic hydroxyl groups excluding tert-OH is 2. The fourth-order valence-corrected chi connectivity index (χ4v) is 5.48. The molecule has 3 heterocycles.